The van der Waals surface area contributed by atoms with Gasteiger partial charge in [0, 0.05) is 25.3 Å². The number of amides is 3. The lowest BCUT2D eigenvalue weighted by molar-refractivity contribution is -0.120. The van der Waals surface area contributed by atoms with Crippen LogP contribution in [0.2, 0.25) is 0 Å². The van der Waals surface area contributed by atoms with Gasteiger partial charge in [-0.3, -0.25) is 9.69 Å². The molecule has 3 amide bonds. The van der Waals surface area contributed by atoms with Crippen molar-refractivity contribution < 1.29 is 9.59 Å². The lowest BCUT2D eigenvalue weighted by Gasteiger charge is -2.22. The molecule has 1 aromatic rings. The van der Waals surface area contributed by atoms with Crippen LogP contribution < -0.4 is 20.9 Å². The molecular formula is C17H25ClN4O2. The monoisotopic (exact) mass is 352 g/mol. The van der Waals surface area contributed by atoms with Crippen LogP contribution in [0, 0.1) is 5.92 Å². The first-order valence-corrected chi connectivity index (χ1v) is 8.39. The number of benzene rings is 1. The van der Waals surface area contributed by atoms with Crippen LogP contribution in [0.3, 0.4) is 0 Å². The summed E-state index contributed by atoms with van der Waals surface area (Å²) in [4.78, 5) is 26.2. The number of halogens is 1. The molecule has 0 spiro atoms. The molecule has 0 radical (unpaired) electrons. The van der Waals surface area contributed by atoms with Gasteiger partial charge in [0.15, 0.2) is 0 Å². The molecule has 2 aliphatic heterocycles. The largest absolute Gasteiger partial charge is 0.338 e. The molecule has 0 aliphatic carbocycles. The van der Waals surface area contributed by atoms with Crippen LogP contribution in [0.5, 0.6) is 0 Å². The number of hydrogen-bond acceptors (Lipinski definition) is 3. The quantitative estimate of drug-likeness (QED) is 0.780. The third-order valence-electron chi connectivity index (χ3n) is 4.49. The van der Waals surface area contributed by atoms with Crippen molar-refractivity contribution in [2.45, 2.75) is 26.2 Å². The molecular weight excluding hydrogens is 328 g/mol. The summed E-state index contributed by atoms with van der Waals surface area (Å²) in [5.41, 5.74) is 2.81. The molecule has 24 heavy (non-hydrogen) atoms. The maximum absolute atomic E-state index is 12.3. The minimum Gasteiger partial charge on any atom is -0.338 e. The van der Waals surface area contributed by atoms with Crippen molar-refractivity contribution in [3.05, 3.63) is 23.8 Å². The molecule has 6 nitrogen and oxygen atoms in total. The Labute approximate surface area is 148 Å². The predicted octanol–water partition coefficient (Wildman–Crippen LogP) is 2.14. The summed E-state index contributed by atoms with van der Waals surface area (Å²) in [5.74, 6) is 0.0798. The number of hydrogen-bond donors (Lipinski definition) is 3. The first-order chi connectivity index (χ1) is 11.2. The molecule has 2 heterocycles. The van der Waals surface area contributed by atoms with Crippen molar-refractivity contribution in [1.82, 2.24) is 10.6 Å². The van der Waals surface area contributed by atoms with Gasteiger partial charge in [-0.1, -0.05) is 6.07 Å². The zero-order valence-electron chi connectivity index (χ0n) is 13.9. The van der Waals surface area contributed by atoms with Gasteiger partial charge in [0.1, 0.15) is 0 Å². The number of rotatable bonds is 3. The number of piperidine rings is 1. The van der Waals surface area contributed by atoms with E-state index in [0.29, 0.717) is 13.1 Å². The molecule has 1 aromatic carbocycles. The summed E-state index contributed by atoms with van der Waals surface area (Å²) in [6, 6.07) is 5.76. The molecule has 2 aliphatic rings. The second kappa shape index (κ2) is 8.35. The lowest BCUT2D eigenvalue weighted by Crippen LogP contribution is -2.39. The van der Waals surface area contributed by atoms with E-state index >= 15 is 0 Å². The van der Waals surface area contributed by atoms with Crippen LogP contribution in [0.4, 0.5) is 16.2 Å². The normalized spacial score (nSPS) is 19.2. The van der Waals surface area contributed by atoms with Crippen molar-refractivity contribution >= 4 is 35.7 Å². The number of anilines is 2. The van der Waals surface area contributed by atoms with Gasteiger partial charge in [0.05, 0.1) is 11.6 Å². The van der Waals surface area contributed by atoms with Crippen molar-refractivity contribution in [1.29, 1.82) is 0 Å². The first-order valence-electron chi connectivity index (χ1n) is 8.39. The second-order valence-electron chi connectivity index (χ2n) is 6.11. The zero-order valence-corrected chi connectivity index (χ0v) is 14.7. The van der Waals surface area contributed by atoms with Crippen LogP contribution in [0.25, 0.3) is 0 Å². The molecule has 0 saturated carbocycles. The fraction of sp³-hybridized carbons (Fsp3) is 0.529. The maximum atomic E-state index is 12.3. The van der Waals surface area contributed by atoms with Crippen LogP contribution in [0.15, 0.2) is 18.2 Å². The highest BCUT2D eigenvalue weighted by Gasteiger charge is 2.25. The number of nitrogens with zero attached hydrogens (tertiary/aromatic N) is 1. The van der Waals surface area contributed by atoms with Crippen LogP contribution in [-0.2, 0) is 11.2 Å². The molecule has 1 saturated heterocycles. The Bertz CT molecular complexity index is 602. The van der Waals surface area contributed by atoms with Gasteiger partial charge in [-0.15, -0.1) is 12.4 Å². The van der Waals surface area contributed by atoms with E-state index in [9.17, 15) is 9.59 Å². The average molecular weight is 353 g/mol. The highest BCUT2D eigenvalue weighted by molar-refractivity contribution is 5.97. The average Bonchev–Trinajstić information content (AvgIpc) is 2.99. The number of carbonyl (C=O) groups is 2. The fourth-order valence-electron chi connectivity index (χ4n) is 3.23. The van der Waals surface area contributed by atoms with Crippen molar-refractivity contribution in [3.8, 4) is 0 Å². The van der Waals surface area contributed by atoms with E-state index < -0.39 is 0 Å². The molecule has 0 bridgehead atoms. The molecule has 3 rings (SSSR count). The van der Waals surface area contributed by atoms with Gasteiger partial charge in [-0.05, 0) is 50.4 Å². The summed E-state index contributed by atoms with van der Waals surface area (Å²) < 4.78 is 0. The van der Waals surface area contributed by atoms with E-state index in [2.05, 4.69) is 16.0 Å². The molecule has 3 N–H and O–H groups in total. The highest BCUT2D eigenvalue weighted by atomic mass is 35.5. The lowest BCUT2D eigenvalue weighted by atomic mass is 9.98. The van der Waals surface area contributed by atoms with Gasteiger partial charge in [-0.25, -0.2) is 4.79 Å². The maximum Gasteiger partial charge on any atom is 0.321 e. The molecule has 1 atom stereocenters. The van der Waals surface area contributed by atoms with Gasteiger partial charge >= 0.3 is 6.03 Å². The van der Waals surface area contributed by atoms with E-state index in [-0.39, 0.29) is 30.3 Å². The third kappa shape index (κ3) is 3.99. The van der Waals surface area contributed by atoms with E-state index in [1.165, 1.54) is 0 Å². The topological polar surface area (TPSA) is 73.5 Å². The van der Waals surface area contributed by atoms with Crippen LogP contribution in [-0.4, -0.2) is 38.1 Å². The van der Waals surface area contributed by atoms with Crippen LogP contribution >= 0.6 is 12.4 Å². The summed E-state index contributed by atoms with van der Waals surface area (Å²) in [6.45, 7) is 4.93. The van der Waals surface area contributed by atoms with E-state index in [1.807, 2.05) is 25.1 Å². The van der Waals surface area contributed by atoms with Crippen molar-refractivity contribution in [2.24, 2.45) is 5.92 Å². The Balaban J connectivity index is 0.00000208. The Kier molecular flexibility index (Phi) is 6.45. The fourth-order valence-corrected chi connectivity index (χ4v) is 3.23. The molecule has 1 unspecified atom stereocenters. The Morgan fingerprint density at radius 3 is 2.92 bits per heavy atom. The third-order valence-corrected chi connectivity index (χ3v) is 4.49. The minimum absolute atomic E-state index is 0. The number of carbonyl (C=O) groups excluding carboxylic acids is 2. The summed E-state index contributed by atoms with van der Waals surface area (Å²) in [5, 5.41) is 9.08. The zero-order chi connectivity index (χ0) is 16.2. The van der Waals surface area contributed by atoms with Gasteiger partial charge in [0.2, 0.25) is 5.91 Å². The molecule has 0 aromatic heterocycles. The van der Waals surface area contributed by atoms with Crippen LogP contribution in [0.1, 0.15) is 25.3 Å². The summed E-state index contributed by atoms with van der Waals surface area (Å²) in [7, 11) is 0. The van der Waals surface area contributed by atoms with Gasteiger partial charge in [-0.2, -0.15) is 0 Å². The molecule has 7 heteroatoms. The summed E-state index contributed by atoms with van der Waals surface area (Å²) in [6.07, 6.45) is 2.81. The van der Waals surface area contributed by atoms with Gasteiger partial charge in [0.25, 0.3) is 0 Å². The Morgan fingerprint density at radius 1 is 1.38 bits per heavy atom. The number of urea groups is 1. The summed E-state index contributed by atoms with van der Waals surface area (Å²) >= 11 is 0. The smallest absolute Gasteiger partial charge is 0.321 e. The predicted molar refractivity (Wildman–Crippen MR) is 98.0 cm³/mol. The molecule has 132 valence electrons. The van der Waals surface area contributed by atoms with Gasteiger partial charge < -0.3 is 16.0 Å². The standard InChI is InChI=1S/C17H24N4O2.ClH/c1-2-19-17(23)21-9-7-12-5-6-14(10-15(12)21)20-16(22)13-4-3-8-18-11-13;/h5-6,10,13,18H,2-4,7-9,11H2,1H3,(H,19,23)(H,20,22);1H. The first kappa shape index (κ1) is 18.5. The van der Waals surface area contributed by atoms with E-state index in [4.69, 9.17) is 0 Å². The second-order valence-corrected chi connectivity index (χ2v) is 6.11. The Morgan fingerprint density at radius 2 is 2.21 bits per heavy atom. The van der Waals surface area contributed by atoms with E-state index in [1.54, 1.807) is 4.90 Å². The Hall–Kier alpha value is -1.79. The number of nitrogens with one attached hydrogen (secondary N) is 3. The van der Waals surface area contributed by atoms with Crippen molar-refractivity contribution in [3.63, 3.8) is 0 Å². The number of fused-ring (bicyclic) bond motifs is 1. The highest BCUT2D eigenvalue weighted by Crippen LogP contribution is 2.31. The minimum atomic E-state index is -0.0776. The van der Waals surface area contributed by atoms with Crippen molar-refractivity contribution in [2.75, 3.05) is 36.4 Å². The van der Waals surface area contributed by atoms with E-state index in [0.717, 1.165) is 49.3 Å². The SMILES string of the molecule is CCNC(=O)N1CCc2ccc(NC(=O)C3CCCNC3)cc21.Cl. The molecule has 1 fully saturated rings.